The molecular formula is C16H17BrN2O2. The van der Waals surface area contributed by atoms with E-state index in [0.717, 1.165) is 17.7 Å². The lowest BCUT2D eigenvalue weighted by Gasteiger charge is -2.08. The molecular weight excluding hydrogens is 332 g/mol. The van der Waals surface area contributed by atoms with Crippen LogP contribution in [0, 0.1) is 0 Å². The van der Waals surface area contributed by atoms with Gasteiger partial charge in [0.15, 0.2) is 0 Å². The summed E-state index contributed by atoms with van der Waals surface area (Å²) in [5.41, 5.74) is 8.67. The number of carbonyl (C=O) groups excluding carboxylic acids is 1. The lowest BCUT2D eigenvalue weighted by molar-refractivity contribution is 0.102. The predicted octanol–water partition coefficient (Wildman–Crippen LogP) is 3.21. The number of nitrogens with one attached hydrogen (secondary N) is 1. The Morgan fingerprint density at radius 1 is 1.24 bits per heavy atom. The van der Waals surface area contributed by atoms with Gasteiger partial charge < -0.3 is 16.2 Å². The maximum Gasteiger partial charge on any atom is 0.255 e. The number of nitrogens with two attached hydrogens (primary N) is 1. The first kappa shape index (κ1) is 15.5. The average Bonchev–Trinajstić information content (AvgIpc) is 2.48. The molecule has 0 saturated heterocycles. The van der Waals surface area contributed by atoms with Gasteiger partial charge in [-0.25, -0.2) is 0 Å². The summed E-state index contributed by atoms with van der Waals surface area (Å²) in [6, 6.07) is 12.7. The van der Waals surface area contributed by atoms with Crippen LogP contribution in [0.2, 0.25) is 0 Å². The third kappa shape index (κ3) is 4.31. The van der Waals surface area contributed by atoms with Gasteiger partial charge in [-0.05, 0) is 64.7 Å². The van der Waals surface area contributed by atoms with Gasteiger partial charge in [0.05, 0.1) is 0 Å². The van der Waals surface area contributed by atoms with E-state index < -0.39 is 0 Å². The lowest BCUT2D eigenvalue weighted by atomic mass is 10.1. The van der Waals surface area contributed by atoms with E-state index in [-0.39, 0.29) is 12.5 Å². The first-order chi connectivity index (χ1) is 10.1. The molecule has 4 nitrogen and oxygen atoms in total. The molecule has 0 aromatic heterocycles. The number of aliphatic hydroxyl groups is 1. The molecule has 0 radical (unpaired) electrons. The molecule has 1 amide bonds. The second kappa shape index (κ2) is 7.24. The molecule has 5 heteroatoms. The molecule has 0 unspecified atom stereocenters. The molecule has 110 valence electrons. The highest BCUT2D eigenvalue weighted by molar-refractivity contribution is 9.10. The summed E-state index contributed by atoms with van der Waals surface area (Å²) in [7, 11) is 0. The second-order valence-corrected chi connectivity index (χ2v) is 5.57. The van der Waals surface area contributed by atoms with Crippen LogP contribution in [0.5, 0.6) is 0 Å². The monoisotopic (exact) mass is 348 g/mol. The number of rotatable bonds is 5. The molecule has 0 bridgehead atoms. The molecule has 0 heterocycles. The highest BCUT2D eigenvalue weighted by Crippen LogP contribution is 2.21. The molecule has 0 spiro atoms. The van der Waals surface area contributed by atoms with Crippen molar-refractivity contribution in [3.05, 3.63) is 58.1 Å². The van der Waals surface area contributed by atoms with Gasteiger partial charge >= 0.3 is 0 Å². The Bertz CT molecular complexity index is 644. The molecule has 4 N–H and O–H groups in total. The van der Waals surface area contributed by atoms with E-state index in [0.29, 0.717) is 22.1 Å². The highest BCUT2D eigenvalue weighted by atomic mass is 79.9. The SMILES string of the molecule is Nc1ccc(C(=O)Nc2cccc(CCCO)c2)cc1Br. The molecule has 21 heavy (non-hydrogen) atoms. The zero-order valence-electron chi connectivity index (χ0n) is 11.5. The Kier molecular flexibility index (Phi) is 5.36. The number of aryl methyl sites for hydroxylation is 1. The van der Waals surface area contributed by atoms with Gasteiger partial charge in [-0.2, -0.15) is 0 Å². The number of halogens is 1. The van der Waals surface area contributed by atoms with Crippen LogP contribution in [0.1, 0.15) is 22.3 Å². The van der Waals surface area contributed by atoms with Crippen molar-refractivity contribution in [2.24, 2.45) is 0 Å². The van der Waals surface area contributed by atoms with Gasteiger partial charge in [0.1, 0.15) is 0 Å². The summed E-state index contributed by atoms with van der Waals surface area (Å²) in [6.45, 7) is 0.163. The number of hydrogen-bond donors (Lipinski definition) is 3. The van der Waals surface area contributed by atoms with Crippen LogP contribution in [-0.2, 0) is 6.42 Å². The van der Waals surface area contributed by atoms with Crippen molar-refractivity contribution in [2.45, 2.75) is 12.8 Å². The zero-order valence-corrected chi connectivity index (χ0v) is 13.1. The Hall–Kier alpha value is -1.85. The Morgan fingerprint density at radius 3 is 2.76 bits per heavy atom. The zero-order chi connectivity index (χ0) is 15.2. The largest absolute Gasteiger partial charge is 0.398 e. The number of aliphatic hydroxyl groups excluding tert-OH is 1. The van der Waals surface area contributed by atoms with Crippen LogP contribution in [0.3, 0.4) is 0 Å². The fraction of sp³-hybridized carbons (Fsp3) is 0.188. The molecule has 0 aliphatic heterocycles. The van der Waals surface area contributed by atoms with Crippen molar-refractivity contribution in [2.75, 3.05) is 17.7 Å². The summed E-state index contributed by atoms with van der Waals surface area (Å²) in [6.07, 6.45) is 1.50. The van der Waals surface area contributed by atoms with Crippen molar-refractivity contribution >= 4 is 33.2 Å². The number of amides is 1. The standard InChI is InChI=1S/C16H17BrN2O2/c17-14-10-12(6-7-15(14)18)16(21)19-13-5-1-3-11(9-13)4-2-8-20/h1,3,5-7,9-10,20H,2,4,8,18H2,(H,19,21). The van der Waals surface area contributed by atoms with Gasteiger partial charge in [-0.3, -0.25) is 4.79 Å². The maximum atomic E-state index is 12.2. The van der Waals surface area contributed by atoms with Gasteiger partial charge in [0.25, 0.3) is 5.91 Å². The Labute approximate surface area is 132 Å². The quantitative estimate of drug-likeness (QED) is 0.726. The van der Waals surface area contributed by atoms with E-state index in [1.165, 1.54) is 0 Å². The minimum Gasteiger partial charge on any atom is -0.398 e. The van der Waals surface area contributed by atoms with E-state index in [1.54, 1.807) is 18.2 Å². The van der Waals surface area contributed by atoms with E-state index in [4.69, 9.17) is 10.8 Å². The number of carbonyl (C=O) groups is 1. The summed E-state index contributed by atoms with van der Waals surface area (Å²) in [5, 5.41) is 11.7. The van der Waals surface area contributed by atoms with E-state index in [1.807, 2.05) is 24.3 Å². The topological polar surface area (TPSA) is 75.4 Å². The minimum absolute atomic E-state index is 0.163. The smallest absolute Gasteiger partial charge is 0.255 e. The second-order valence-electron chi connectivity index (χ2n) is 4.72. The number of anilines is 2. The summed E-state index contributed by atoms with van der Waals surface area (Å²) < 4.78 is 0.701. The van der Waals surface area contributed by atoms with Crippen molar-refractivity contribution < 1.29 is 9.90 Å². The molecule has 0 aliphatic carbocycles. The van der Waals surface area contributed by atoms with Crippen LogP contribution in [0.15, 0.2) is 46.9 Å². The van der Waals surface area contributed by atoms with Crippen LogP contribution < -0.4 is 11.1 Å². The van der Waals surface area contributed by atoms with Crippen LogP contribution in [-0.4, -0.2) is 17.6 Å². The molecule has 2 aromatic carbocycles. The fourth-order valence-corrected chi connectivity index (χ4v) is 2.34. The number of benzene rings is 2. The summed E-state index contributed by atoms with van der Waals surface area (Å²) >= 11 is 3.31. The molecule has 0 atom stereocenters. The average molecular weight is 349 g/mol. The van der Waals surface area contributed by atoms with Gasteiger partial charge in [0, 0.05) is 28.0 Å². The number of nitrogen functional groups attached to an aromatic ring is 1. The first-order valence-corrected chi connectivity index (χ1v) is 7.45. The van der Waals surface area contributed by atoms with Crippen molar-refractivity contribution in [1.29, 1.82) is 0 Å². The number of hydrogen-bond acceptors (Lipinski definition) is 3. The molecule has 0 saturated carbocycles. The van der Waals surface area contributed by atoms with Crippen molar-refractivity contribution in [3.63, 3.8) is 0 Å². The maximum absolute atomic E-state index is 12.2. The third-order valence-electron chi connectivity index (χ3n) is 3.07. The first-order valence-electron chi connectivity index (χ1n) is 6.66. The van der Waals surface area contributed by atoms with Crippen LogP contribution in [0.4, 0.5) is 11.4 Å². The molecule has 2 rings (SSSR count). The Morgan fingerprint density at radius 2 is 2.05 bits per heavy atom. The van der Waals surface area contributed by atoms with Gasteiger partial charge in [-0.15, -0.1) is 0 Å². The van der Waals surface area contributed by atoms with Crippen molar-refractivity contribution in [1.82, 2.24) is 0 Å². The highest BCUT2D eigenvalue weighted by Gasteiger charge is 2.08. The van der Waals surface area contributed by atoms with E-state index >= 15 is 0 Å². The van der Waals surface area contributed by atoms with Gasteiger partial charge in [0.2, 0.25) is 0 Å². The Balaban J connectivity index is 2.10. The van der Waals surface area contributed by atoms with Crippen molar-refractivity contribution in [3.8, 4) is 0 Å². The normalized spacial score (nSPS) is 10.4. The molecule has 0 fully saturated rings. The van der Waals surface area contributed by atoms with E-state index in [9.17, 15) is 4.79 Å². The van der Waals surface area contributed by atoms with Crippen LogP contribution in [0.25, 0.3) is 0 Å². The van der Waals surface area contributed by atoms with Gasteiger partial charge in [-0.1, -0.05) is 12.1 Å². The summed E-state index contributed by atoms with van der Waals surface area (Å²) in [5.74, 6) is -0.185. The fourth-order valence-electron chi connectivity index (χ4n) is 1.96. The third-order valence-corrected chi connectivity index (χ3v) is 3.76. The predicted molar refractivity (Wildman–Crippen MR) is 88.4 cm³/mol. The summed E-state index contributed by atoms with van der Waals surface area (Å²) in [4.78, 5) is 12.2. The minimum atomic E-state index is -0.185. The molecule has 0 aliphatic rings. The molecule has 2 aromatic rings. The van der Waals surface area contributed by atoms with E-state index in [2.05, 4.69) is 21.2 Å². The lowest BCUT2D eigenvalue weighted by Crippen LogP contribution is -2.12. The van der Waals surface area contributed by atoms with Crippen LogP contribution >= 0.6 is 15.9 Å².